The van der Waals surface area contributed by atoms with E-state index in [2.05, 4.69) is 56.3 Å². The molecule has 0 bridgehead atoms. The van der Waals surface area contributed by atoms with Gasteiger partial charge in [0.2, 0.25) is 6.79 Å². The normalized spacial score (nSPS) is 15.9. The zero-order chi connectivity index (χ0) is 20.0. The van der Waals surface area contributed by atoms with E-state index < -0.39 is 0 Å². The van der Waals surface area contributed by atoms with Gasteiger partial charge in [0.15, 0.2) is 11.5 Å². The highest BCUT2D eigenvalue weighted by molar-refractivity contribution is 5.95. The first-order valence-electron chi connectivity index (χ1n) is 10.2. The monoisotopic (exact) mass is 384 g/mol. The number of hydrogen-bond donors (Lipinski definition) is 0. The van der Waals surface area contributed by atoms with Crippen molar-refractivity contribution in [3.63, 3.8) is 0 Å². The third-order valence-corrected chi connectivity index (χ3v) is 6.30. The van der Waals surface area contributed by atoms with Crippen LogP contribution in [0.1, 0.15) is 35.1 Å². The molecule has 0 saturated heterocycles. The molecule has 1 aliphatic carbocycles. The summed E-state index contributed by atoms with van der Waals surface area (Å²) in [6.07, 6.45) is 2.28. The van der Waals surface area contributed by atoms with Gasteiger partial charge in [-0.1, -0.05) is 48.5 Å². The second-order valence-corrected chi connectivity index (χ2v) is 8.21. The fourth-order valence-electron chi connectivity index (χ4n) is 4.42. The highest BCUT2D eigenvalue weighted by Gasteiger charge is 2.50. The largest absolute Gasteiger partial charge is 0.454 e. The second-order valence-electron chi connectivity index (χ2n) is 8.21. The third-order valence-electron chi connectivity index (χ3n) is 6.30. The van der Waals surface area contributed by atoms with Gasteiger partial charge < -0.3 is 9.47 Å². The van der Waals surface area contributed by atoms with E-state index in [1.165, 1.54) is 22.3 Å². The predicted molar refractivity (Wildman–Crippen MR) is 114 cm³/mol. The van der Waals surface area contributed by atoms with Crippen LogP contribution >= 0.6 is 0 Å². The Kier molecular flexibility index (Phi) is 4.20. The Morgan fingerprint density at radius 2 is 1.62 bits per heavy atom. The Labute approximate surface area is 171 Å². The molecule has 0 unspecified atom stereocenters. The van der Waals surface area contributed by atoms with Crippen molar-refractivity contribution < 1.29 is 14.3 Å². The first-order valence-corrected chi connectivity index (χ1v) is 10.2. The smallest absolute Gasteiger partial charge is 0.231 e. The Bertz CT molecular complexity index is 1110. The Hall–Kier alpha value is -3.07. The lowest BCUT2D eigenvalue weighted by molar-refractivity contribution is -0.120. The molecule has 29 heavy (non-hydrogen) atoms. The molecule has 3 aromatic rings. The maximum atomic E-state index is 13.2. The van der Waals surface area contributed by atoms with Crippen LogP contribution in [0.3, 0.4) is 0 Å². The lowest BCUT2D eigenvalue weighted by atomic mass is 9.87. The number of aryl methyl sites for hydroxylation is 2. The van der Waals surface area contributed by atoms with Gasteiger partial charge in [-0.3, -0.25) is 4.79 Å². The molecule has 0 atom stereocenters. The number of Topliss-reactive ketones (excluding diaryl/α,β-unsaturated/α-hetero) is 1. The maximum Gasteiger partial charge on any atom is 0.231 e. The van der Waals surface area contributed by atoms with E-state index in [1.54, 1.807) is 0 Å². The van der Waals surface area contributed by atoms with Crippen LogP contribution in [0.5, 0.6) is 11.5 Å². The summed E-state index contributed by atoms with van der Waals surface area (Å²) in [5, 5.41) is 0. The summed E-state index contributed by atoms with van der Waals surface area (Å²) >= 11 is 0. The number of carbonyl (C=O) groups excluding carboxylic acids is 1. The van der Waals surface area contributed by atoms with E-state index in [9.17, 15) is 4.79 Å². The Morgan fingerprint density at radius 3 is 2.38 bits per heavy atom. The minimum Gasteiger partial charge on any atom is -0.454 e. The van der Waals surface area contributed by atoms with Crippen LogP contribution < -0.4 is 9.47 Å². The van der Waals surface area contributed by atoms with Crippen molar-refractivity contribution in [3.8, 4) is 22.6 Å². The molecular weight excluding hydrogens is 360 g/mol. The van der Waals surface area contributed by atoms with E-state index >= 15 is 0 Å². The average Bonchev–Trinajstić information content (AvgIpc) is 3.40. The van der Waals surface area contributed by atoms with Crippen molar-refractivity contribution in [2.24, 2.45) is 0 Å². The summed E-state index contributed by atoms with van der Waals surface area (Å²) in [4.78, 5) is 13.2. The van der Waals surface area contributed by atoms with E-state index in [1.807, 2.05) is 18.2 Å². The Morgan fingerprint density at radius 1 is 0.862 bits per heavy atom. The van der Waals surface area contributed by atoms with E-state index in [-0.39, 0.29) is 12.2 Å². The second kappa shape index (κ2) is 6.77. The van der Waals surface area contributed by atoms with Crippen molar-refractivity contribution in [2.45, 2.75) is 38.5 Å². The van der Waals surface area contributed by atoms with Crippen LogP contribution in [0.4, 0.5) is 0 Å². The zero-order valence-electron chi connectivity index (χ0n) is 16.8. The van der Waals surface area contributed by atoms with Crippen molar-refractivity contribution in [3.05, 3.63) is 82.9 Å². The van der Waals surface area contributed by atoms with Crippen LogP contribution in [0, 0.1) is 13.8 Å². The van der Waals surface area contributed by atoms with Crippen molar-refractivity contribution in [2.75, 3.05) is 6.79 Å². The van der Waals surface area contributed by atoms with Crippen LogP contribution in [-0.2, 0) is 16.6 Å². The molecule has 1 saturated carbocycles. The number of ketones is 1. The first kappa shape index (κ1) is 18.0. The maximum absolute atomic E-state index is 13.2. The van der Waals surface area contributed by atoms with E-state index in [0.717, 1.165) is 35.5 Å². The quantitative estimate of drug-likeness (QED) is 0.579. The van der Waals surface area contributed by atoms with Gasteiger partial charge in [-0.15, -0.1) is 0 Å². The first-order chi connectivity index (χ1) is 14.1. The molecule has 0 aromatic heterocycles. The molecule has 5 rings (SSSR count). The van der Waals surface area contributed by atoms with Gasteiger partial charge in [0, 0.05) is 6.42 Å². The molecule has 1 fully saturated rings. The van der Waals surface area contributed by atoms with Crippen molar-refractivity contribution in [1.29, 1.82) is 0 Å². The SMILES string of the molecule is Cc1ccccc1-c1ccc(CC(=O)C2(c3ccc4c(c3)OCO4)CC2)cc1C. The summed E-state index contributed by atoms with van der Waals surface area (Å²) in [7, 11) is 0. The molecule has 0 radical (unpaired) electrons. The minimum absolute atomic E-state index is 0.256. The molecule has 3 nitrogen and oxygen atoms in total. The van der Waals surface area contributed by atoms with Gasteiger partial charge in [0.25, 0.3) is 0 Å². The fraction of sp³-hybridized carbons (Fsp3) is 0.269. The van der Waals surface area contributed by atoms with E-state index in [0.29, 0.717) is 12.2 Å². The summed E-state index contributed by atoms with van der Waals surface area (Å²) in [5.41, 5.74) is 6.73. The topological polar surface area (TPSA) is 35.5 Å². The molecular formula is C26H24O3. The Balaban J connectivity index is 1.38. The highest BCUT2D eigenvalue weighted by Crippen LogP contribution is 2.51. The lowest BCUT2D eigenvalue weighted by Crippen LogP contribution is -2.22. The molecule has 3 aromatic carbocycles. The molecule has 3 heteroatoms. The third kappa shape index (κ3) is 3.11. The van der Waals surface area contributed by atoms with Gasteiger partial charge in [-0.05, 0) is 72.2 Å². The summed E-state index contributed by atoms with van der Waals surface area (Å²) < 4.78 is 10.9. The number of carbonyl (C=O) groups is 1. The van der Waals surface area contributed by atoms with Crippen LogP contribution in [0.25, 0.3) is 11.1 Å². The number of fused-ring (bicyclic) bond motifs is 1. The summed E-state index contributed by atoms with van der Waals surface area (Å²) in [6, 6.07) is 20.8. The van der Waals surface area contributed by atoms with Crippen LogP contribution in [0.2, 0.25) is 0 Å². The van der Waals surface area contributed by atoms with Crippen molar-refractivity contribution >= 4 is 5.78 Å². The summed E-state index contributed by atoms with van der Waals surface area (Å²) in [5.74, 6) is 1.80. The van der Waals surface area contributed by atoms with Gasteiger partial charge >= 0.3 is 0 Å². The fourth-order valence-corrected chi connectivity index (χ4v) is 4.42. The molecule has 0 N–H and O–H groups in total. The van der Waals surface area contributed by atoms with Crippen LogP contribution in [-0.4, -0.2) is 12.6 Å². The number of hydrogen-bond acceptors (Lipinski definition) is 3. The zero-order valence-corrected chi connectivity index (χ0v) is 16.8. The van der Waals surface area contributed by atoms with Gasteiger partial charge in [-0.25, -0.2) is 0 Å². The number of ether oxygens (including phenoxy) is 2. The highest BCUT2D eigenvalue weighted by atomic mass is 16.7. The van der Waals surface area contributed by atoms with Crippen LogP contribution in [0.15, 0.2) is 60.7 Å². The predicted octanol–water partition coefficient (Wildman–Crippen LogP) is 5.54. The van der Waals surface area contributed by atoms with Crippen molar-refractivity contribution in [1.82, 2.24) is 0 Å². The number of rotatable bonds is 5. The molecule has 146 valence electrons. The molecule has 0 spiro atoms. The molecule has 2 aliphatic rings. The average molecular weight is 384 g/mol. The number of benzene rings is 3. The summed E-state index contributed by atoms with van der Waals surface area (Å²) in [6.45, 7) is 4.52. The standard InChI is InChI=1S/C26H24O3/c1-17-5-3-4-6-21(17)22-9-7-19(13-18(22)2)14-25(27)26(11-12-26)20-8-10-23-24(15-20)29-16-28-23/h3-10,13,15H,11-12,14,16H2,1-2H3. The van der Waals surface area contributed by atoms with Gasteiger partial charge in [-0.2, -0.15) is 0 Å². The molecule has 1 heterocycles. The van der Waals surface area contributed by atoms with Gasteiger partial charge in [0.1, 0.15) is 5.78 Å². The molecule has 1 aliphatic heterocycles. The lowest BCUT2D eigenvalue weighted by Gasteiger charge is -2.16. The van der Waals surface area contributed by atoms with Gasteiger partial charge in [0.05, 0.1) is 5.41 Å². The van der Waals surface area contributed by atoms with E-state index in [4.69, 9.17) is 9.47 Å². The minimum atomic E-state index is -0.358. The molecule has 0 amide bonds.